The monoisotopic (exact) mass is 372 g/mol. The number of nitrogens with zero attached hydrogens (tertiary/aromatic N) is 5. The van der Waals surface area contributed by atoms with E-state index in [-0.39, 0.29) is 18.4 Å². The molecule has 0 radical (unpaired) electrons. The number of hydrogen-bond acceptors (Lipinski definition) is 4. The predicted octanol–water partition coefficient (Wildman–Crippen LogP) is 2.23. The highest BCUT2D eigenvalue weighted by Gasteiger charge is 2.27. The largest absolute Gasteiger partial charge is 0.337 e. The molecule has 3 aromatic rings. The van der Waals surface area contributed by atoms with E-state index in [0.717, 1.165) is 44.4 Å². The van der Waals surface area contributed by atoms with Gasteiger partial charge in [0.1, 0.15) is 11.6 Å². The standard InChI is InChI=1S/C19H24N6.ClH/c1-23-10-8-22-19(23)17-13-20-7-11-24(17)15-18-21-9-12-25(18)14-16-5-3-2-4-6-16;/h2-6,8-10,12,17,20H,7,11,13-15H2,1H3;1H. The zero-order valence-electron chi connectivity index (χ0n) is 15.0. The van der Waals surface area contributed by atoms with Gasteiger partial charge in [-0.25, -0.2) is 9.97 Å². The number of aromatic nitrogens is 4. The second-order valence-corrected chi connectivity index (χ2v) is 6.54. The minimum absolute atomic E-state index is 0. The van der Waals surface area contributed by atoms with Gasteiger partial charge in [0.2, 0.25) is 0 Å². The van der Waals surface area contributed by atoms with Gasteiger partial charge >= 0.3 is 0 Å². The Balaban J connectivity index is 0.00000196. The van der Waals surface area contributed by atoms with Gasteiger partial charge in [0.05, 0.1) is 12.6 Å². The zero-order chi connectivity index (χ0) is 17.1. The van der Waals surface area contributed by atoms with Crippen molar-refractivity contribution in [3.63, 3.8) is 0 Å². The van der Waals surface area contributed by atoms with E-state index in [4.69, 9.17) is 0 Å². The minimum Gasteiger partial charge on any atom is -0.337 e. The minimum atomic E-state index is 0. The molecule has 26 heavy (non-hydrogen) atoms. The fourth-order valence-corrected chi connectivity index (χ4v) is 3.49. The second kappa shape index (κ2) is 8.49. The maximum absolute atomic E-state index is 4.62. The first-order valence-corrected chi connectivity index (χ1v) is 8.77. The molecule has 1 saturated heterocycles. The predicted molar refractivity (Wildman–Crippen MR) is 104 cm³/mol. The molecule has 1 aliphatic rings. The lowest BCUT2D eigenvalue weighted by Gasteiger charge is -2.35. The number of hydrogen-bond donors (Lipinski definition) is 1. The summed E-state index contributed by atoms with van der Waals surface area (Å²) >= 11 is 0. The Hall–Kier alpha value is -2.15. The Bertz CT molecular complexity index is 812. The zero-order valence-corrected chi connectivity index (χ0v) is 15.8. The normalized spacial score (nSPS) is 17.8. The lowest BCUT2D eigenvalue weighted by molar-refractivity contribution is 0.139. The van der Waals surface area contributed by atoms with E-state index >= 15 is 0 Å². The Morgan fingerprint density at radius 2 is 1.88 bits per heavy atom. The molecule has 3 heterocycles. The number of nitrogens with one attached hydrogen (secondary N) is 1. The van der Waals surface area contributed by atoms with Crippen LogP contribution in [-0.4, -0.2) is 43.6 Å². The molecule has 1 fully saturated rings. The van der Waals surface area contributed by atoms with Gasteiger partial charge in [-0.3, -0.25) is 4.90 Å². The molecule has 0 aliphatic carbocycles. The molecule has 7 heteroatoms. The summed E-state index contributed by atoms with van der Waals surface area (Å²) in [5.41, 5.74) is 1.29. The van der Waals surface area contributed by atoms with Crippen LogP contribution in [0.15, 0.2) is 55.1 Å². The molecule has 1 unspecified atom stereocenters. The Kier molecular flexibility index (Phi) is 6.08. The summed E-state index contributed by atoms with van der Waals surface area (Å²) < 4.78 is 4.36. The summed E-state index contributed by atoms with van der Waals surface area (Å²) in [6.45, 7) is 4.61. The van der Waals surface area contributed by atoms with Crippen molar-refractivity contribution in [2.75, 3.05) is 19.6 Å². The quantitative estimate of drug-likeness (QED) is 0.746. The number of aryl methyl sites for hydroxylation is 1. The lowest BCUT2D eigenvalue weighted by Crippen LogP contribution is -2.46. The molecule has 4 rings (SSSR count). The first-order valence-electron chi connectivity index (χ1n) is 8.77. The molecule has 0 amide bonds. The van der Waals surface area contributed by atoms with E-state index in [2.05, 4.69) is 72.9 Å². The van der Waals surface area contributed by atoms with Gasteiger partial charge in [0.15, 0.2) is 0 Å². The van der Waals surface area contributed by atoms with Crippen molar-refractivity contribution in [3.05, 3.63) is 72.3 Å². The van der Waals surface area contributed by atoms with Crippen LogP contribution >= 0.6 is 12.4 Å². The molecule has 2 aromatic heterocycles. The summed E-state index contributed by atoms with van der Waals surface area (Å²) in [6, 6.07) is 10.8. The molecule has 0 spiro atoms. The van der Waals surface area contributed by atoms with E-state index in [1.807, 2.05) is 18.6 Å². The molecular weight excluding hydrogens is 348 g/mol. The summed E-state index contributed by atoms with van der Waals surface area (Å²) in [5, 5.41) is 3.49. The molecular formula is C19H25ClN6. The van der Waals surface area contributed by atoms with Crippen molar-refractivity contribution in [2.24, 2.45) is 7.05 Å². The highest BCUT2D eigenvalue weighted by molar-refractivity contribution is 5.85. The first-order chi connectivity index (χ1) is 12.3. The molecule has 0 bridgehead atoms. The Morgan fingerprint density at radius 3 is 2.65 bits per heavy atom. The first kappa shape index (κ1) is 18.6. The maximum Gasteiger partial charge on any atom is 0.127 e. The third-order valence-electron chi connectivity index (χ3n) is 4.85. The van der Waals surface area contributed by atoms with Crippen LogP contribution in [0.3, 0.4) is 0 Å². The fourth-order valence-electron chi connectivity index (χ4n) is 3.49. The average Bonchev–Trinajstić information content (AvgIpc) is 3.26. The van der Waals surface area contributed by atoms with Gasteiger partial charge in [0.25, 0.3) is 0 Å². The maximum atomic E-state index is 4.62. The fraction of sp³-hybridized carbons (Fsp3) is 0.368. The van der Waals surface area contributed by atoms with Crippen molar-refractivity contribution in [2.45, 2.75) is 19.1 Å². The van der Waals surface area contributed by atoms with Gasteiger partial charge in [-0.1, -0.05) is 30.3 Å². The van der Waals surface area contributed by atoms with Crippen LogP contribution in [0.4, 0.5) is 0 Å². The van der Waals surface area contributed by atoms with Crippen LogP contribution in [0.2, 0.25) is 0 Å². The van der Waals surface area contributed by atoms with Crippen molar-refractivity contribution in [1.29, 1.82) is 0 Å². The Labute approximate surface area is 160 Å². The molecule has 1 aliphatic heterocycles. The van der Waals surface area contributed by atoms with Gasteiger partial charge in [0, 0.05) is 58.0 Å². The van der Waals surface area contributed by atoms with Gasteiger partial charge in [-0.15, -0.1) is 12.4 Å². The molecule has 1 N–H and O–H groups in total. The number of piperazine rings is 1. The highest BCUT2D eigenvalue weighted by Crippen LogP contribution is 2.22. The van der Waals surface area contributed by atoms with Crippen molar-refractivity contribution in [3.8, 4) is 0 Å². The molecule has 138 valence electrons. The molecule has 1 aromatic carbocycles. The number of rotatable bonds is 5. The van der Waals surface area contributed by atoms with Gasteiger partial charge in [-0.2, -0.15) is 0 Å². The van der Waals surface area contributed by atoms with E-state index in [0.29, 0.717) is 0 Å². The van der Waals surface area contributed by atoms with E-state index < -0.39 is 0 Å². The van der Waals surface area contributed by atoms with E-state index in [9.17, 15) is 0 Å². The van der Waals surface area contributed by atoms with Crippen LogP contribution < -0.4 is 5.32 Å². The van der Waals surface area contributed by atoms with Crippen LogP contribution in [0, 0.1) is 0 Å². The van der Waals surface area contributed by atoms with Gasteiger partial charge < -0.3 is 14.5 Å². The number of halogens is 1. The summed E-state index contributed by atoms with van der Waals surface area (Å²) in [5.74, 6) is 2.21. The van der Waals surface area contributed by atoms with Crippen LogP contribution in [0.1, 0.15) is 23.3 Å². The van der Waals surface area contributed by atoms with Crippen LogP contribution in [0.5, 0.6) is 0 Å². The molecule has 0 saturated carbocycles. The summed E-state index contributed by atoms with van der Waals surface area (Å²) in [6.07, 6.45) is 7.85. The van der Waals surface area contributed by atoms with Crippen LogP contribution in [0.25, 0.3) is 0 Å². The lowest BCUT2D eigenvalue weighted by atomic mass is 10.1. The highest BCUT2D eigenvalue weighted by atomic mass is 35.5. The number of benzene rings is 1. The van der Waals surface area contributed by atoms with E-state index in [1.54, 1.807) is 0 Å². The van der Waals surface area contributed by atoms with Gasteiger partial charge in [-0.05, 0) is 5.56 Å². The summed E-state index contributed by atoms with van der Waals surface area (Å²) in [7, 11) is 2.06. The van der Waals surface area contributed by atoms with Crippen molar-refractivity contribution >= 4 is 12.4 Å². The smallest absolute Gasteiger partial charge is 0.127 e. The third kappa shape index (κ3) is 3.98. The van der Waals surface area contributed by atoms with Crippen molar-refractivity contribution < 1.29 is 0 Å². The Morgan fingerprint density at radius 1 is 1.08 bits per heavy atom. The summed E-state index contributed by atoms with van der Waals surface area (Å²) in [4.78, 5) is 11.7. The SMILES string of the molecule is Cl.Cn1ccnc1C1CNCCN1Cc1nccn1Cc1ccccc1. The molecule has 1 atom stereocenters. The number of imidazole rings is 2. The second-order valence-electron chi connectivity index (χ2n) is 6.54. The van der Waals surface area contributed by atoms with Crippen LogP contribution in [-0.2, 0) is 20.1 Å². The topological polar surface area (TPSA) is 50.9 Å². The molecule has 6 nitrogen and oxygen atoms in total. The van der Waals surface area contributed by atoms with E-state index in [1.165, 1.54) is 5.56 Å². The average molecular weight is 373 g/mol. The third-order valence-corrected chi connectivity index (χ3v) is 4.85. The van der Waals surface area contributed by atoms with Crippen molar-refractivity contribution in [1.82, 2.24) is 29.3 Å².